The molecule has 0 aliphatic rings. The molecule has 2 rings (SSSR count). The van der Waals surface area contributed by atoms with Crippen molar-refractivity contribution in [2.45, 2.75) is 13.5 Å². The molecule has 5 nitrogen and oxygen atoms in total. The van der Waals surface area contributed by atoms with E-state index >= 15 is 0 Å². The summed E-state index contributed by atoms with van der Waals surface area (Å²) in [6.07, 6.45) is 3.38. The smallest absolute Gasteiger partial charge is 0.247 e. The van der Waals surface area contributed by atoms with E-state index in [1.807, 2.05) is 12.3 Å². The van der Waals surface area contributed by atoms with E-state index in [1.54, 1.807) is 23.1 Å². The van der Waals surface area contributed by atoms with E-state index < -0.39 is 0 Å². The Hall–Kier alpha value is -1.69. The fourth-order valence-electron chi connectivity index (χ4n) is 1.11. The number of amides is 1. The predicted molar refractivity (Wildman–Crippen MR) is 57.7 cm³/mol. The molecule has 2 aromatic heterocycles. The highest BCUT2D eigenvalue weighted by Gasteiger charge is 2.05. The van der Waals surface area contributed by atoms with Gasteiger partial charge >= 0.3 is 0 Å². The van der Waals surface area contributed by atoms with Crippen LogP contribution in [0.3, 0.4) is 0 Å². The number of hydrogen-bond donors (Lipinski definition) is 1. The zero-order valence-electron chi connectivity index (χ0n) is 8.17. The first kappa shape index (κ1) is 9.85. The Morgan fingerprint density at radius 3 is 3.13 bits per heavy atom. The van der Waals surface area contributed by atoms with E-state index in [0.29, 0.717) is 5.13 Å². The van der Waals surface area contributed by atoms with Crippen LogP contribution in [0.1, 0.15) is 5.69 Å². The molecule has 0 spiro atoms. The van der Waals surface area contributed by atoms with Gasteiger partial charge < -0.3 is 5.32 Å². The molecule has 1 amide bonds. The maximum Gasteiger partial charge on any atom is 0.247 e. The van der Waals surface area contributed by atoms with Crippen molar-refractivity contribution >= 4 is 22.4 Å². The number of rotatable bonds is 3. The second-order valence-corrected chi connectivity index (χ2v) is 3.90. The summed E-state index contributed by atoms with van der Waals surface area (Å²) in [6.45, 7) is 2.10. The van der Waals surface area contributed by atoms with Crippen molar-refractivity contribution in [1.29, 1.82) is 0 Å². The van der Waals surface area contributed by atoms with Crippen molar-refractivity contribution in [2.24, 2.45) is 0 Å². The van der Waals surface area contributed by atoms with E-state index in [9.17, 15) is 4.79 Å². The number of carbonyl (C=O) groups is 1. The van der Waals surface area contributed by atoms with E-state index in [2.05, 4.69) is 15.4 Å². The molecule has 0 atom stereocenters. The predicted octanol–water partition coefficient (Wildman–Crippen LogP) is 1.29. The van der Waals surface area contributed by atoms with E-state index in [4.69, 9.17) is 0 Å². The minimum absolute atomic E-state index is 0.118. The molecule has 0 aromatic carbocycles. The highest BCUT2D eigenvalue weighted by Crippen LogP contribution is 2.13. The third kappa shape index (κ3) is 2.63. The number of aryl methyl sites for hydroxylation is 1. The summed E-state index contributed by atoms with van der Waals surface area (Å²) in [5, 5.41) is 9.17. The summed E-state index contributed by atoms with van der Waals surface area (Å²) < 4.78 is 1.57. The Kier molecular flexibility index (Phi) is 2.77. The van der Waals surface area contributed by atoms with Crippen molar-refractivity contribution in [3.8, 4) is 0 Å². The number of hydrogen-bond acceptors (Lipinski definition) is 4. The Labute approximate surface area is 90.8 Å². The lowest BCUT2D eigenvalue weighted by Gasteiger charge is -2.01. The molecule has 0 aliphatic carbocycles. The summed E-state index contributed by atoms with van der Waals surface area (Å²) in [5.74, 6) is -0.118. The SMILES string of the molecule is Cc1csc(NC(=O)Cn2cccn2)n1. The average molecular weight is 222 g/mol. The number of aromatic nitrogens is 3. The molecule has 0 radical (unpaired) electrons. The maximum absolute atomic E-state index is 11.5. The van der Waals surface area contributed by atoms with Crippen molar-refractivity contribution in [3.63, 3.8) is 0 Å². The van der Waals surface area contributed by atoms with Gasteiger partial charge in [0.25, 0.3) is 0 Å². The van der Waals surface area contributed by atoms with Crippen LogP contribution < -0.4 is 5.32 Å². The van der Waals surface area contributed by atoms with Crippen LogP contribution in [0.25, 0.3) is 0 Å². The number of nitrogens with zero attached hydrogens (tertiary/aromatic N) is 3. The molecule has 0 bridgehead atoms. The first-order valence-corrected chi connectivity index (χ1v) is 5.31. The average Bonchev–Trinajstić information content (AvgIpc) is 2.77. The van der Waals surface area contributed by atoms with Gasteiger partial charge in [0, 0.05) is 17.8 Å². The number of nitrogens with one attached hydrogen (secondary N) is 1. The first-order chi connectivity index (χ1) is 7.24. The molecule has 1 N–H and O–H groups in total. The van der Waals surface area contributed by atoms with Crippen LogP contribution in [0, 0.1) is 6.92 Å². The Morgan fingerprint density at radius 1 is 1.67 bits per heavy atom. The number of carbonyl (C=O) groups excluding carboxylic acids is 1. The molecule has 78 valence electrons. The van der Waals surface area contributed by atoms with Crippen LogP contribution in [-0.4, -0.2) is 20.7 Å². The van der Waals surface area contributed by atoms with E-state index in [-0.39, 0.29) is 12.5 Å². The van der Waals surface area contributed by atoms with Crippen molar-refractivity contribution in [2.75, 3.05) is 5.32 Å². The van der Waals surface area contributed by atoms with Crippen molar-refractivity contribution in [3.05, 3.63) is 29.5 Å². The van der Waals surface area contributed by atoms with Gasteiger partial charge in [0.05, 0.1) is 5.69 Å². The fourth-order valence-corrected chi connectivity index (χ4v) is 1.82. The van der Waals surface area contributed by atoms with Crippen LogP contribution >= 0.6 is 11.3 Å². The topological polar surface area (TPSA) is 59.8 Å². The molecule has 15 heavy (non-hydrogen) atoms. The molecule has 0 saturated carbocycles. The summed E-state index contributed by atoms with van der Waals surface area (Å²) in [7, 11) is 0. The Morgan fingerprint density at radius 2 is 2.53 bits per heavy atom. The van der Waals surface area contributed by atoms with Gasteiger partial charge in [0.1, 0.15) is 6.54 Å². The minimum Gasteiger partial charge on any atom is -0.300 e. The summed E-state index contributed by atoms with van der Waals surface area (Å²) in [4.78, 5) is 15.6. The number of thiazole rings is 1. The Balaban J connectivity index is 1.93. The molecule has 0 saturated heterocycles. The van der Waals surface area contributed by atoms with Gasteiger partial charge in [-0.25, -0.2) is 4.98 Å². The minimum atomic E-state index is -0.118. The van der Waals surface area contributed by atoms with Crippen LogP contribution in [-0.2, 0) is 11.3 Å². The normalized spacial score (nSPS) is 10.2. The van der Waals surface area contributed by atoms with Gasteiger partial charge in [-0.3, -0.25) is 9.48 Å². The zero-order chi connectivity index (χ0) is 10.7. The molecule has 0 unspecified atom stereocenters. The summed E-state index contributed by atoms with van der Waals surface area (Å²) in [6, 6.07) is 1.78. The lowest BCUT2D eigenvalue weighted by atomic mass is 10.6. The quantitative estimate of drug-likeness (QED) is 0.851. The van der Waals surface area contributed by atoms with Gasteiger partial charge in [-0.15, -0.1) is 11.3 Å². The molecule has 6 heteroatoms. The Bertz CT molecular complexity index is 448. The lowest BCUT2D eigenvalue weighted by molar-refractivity contribution is -0.116. The van der Waals surface area contributed by atoms with Gasteiger partial charge in [-0.1, -0.05) is 0 Å². The van der Waals surface area contributed by atoms with Crippen LogP contribution in [0.5, 0.6) is 0 Å². The van der Waals surface area contributed by atoms with Gasteiger partial charge in [-0.05, 0) is 13.0 Å². The second-order valence-electron chi connectivity index (χ2n) is 3.05. The highest BCUT2D eigenvalue weighted by atomic mass is 32.1. The van der Waals surface area contributed by atoms with E-state index in [0.717, 1.165) is 5.69 Å². The van der Waals surface area contributed by atoms with Crippen molar-refractivity contribution < 1.29 is 4.79 Å². The highest BCUT2D eigenvalue weighted by molar-refractivity contribution is 7.13. The molecule has 0 aliphatic heterocycles. The third-order valence-electron chi connectivity index (χ3n) is 1.73. The standard InChI is InChI=1S/C9H10N4OS/c1-7-6-15-9(11-7)12-8(14)5-13-4-2-3-10-13/h2-4,6H,5H2,1H3,(H,11,12,14). The van der Waals surface area contributed by atoms with Crippen LogP contribution in [0.2, 0.25) is 0 Å². The number of anilines is 1. The maximum atomic E-state index is 11.5. The summed E-state index contributed by atoms with van der Waals surface area (Å²) in [5.41, 5.74) is 0.911. The first-order valence-electron chi connectivity index (χ1n) is 4.43. The van der Waals surface area contributed by atoms with Crippen LogP contribution in [0.4, 0.5) is 5.13 Å². The largest absolute Gasteiger partial charge is 0.300 e. The zero-order valence-corrected chi connectivity index (χ0v) is 8.99. The molecule has 0 fully saturated rings. The van der Waals surface area contributed by atoms with Crippen molar-refractivity contribution in [1.82, 2.24) is 14.8 Å². The van der Waals surface area contributed by atoms with Crippen LogP contribution in [0.15, 0.2) is 23.8 Å². The second kappa shape index (κ2) is 4.22. The third-order valence-corrected chi connectivity index (χ3v) is 2.61. The summed E-state index contributed by atoms with van der Waals surface area (Å²) >= 11 is 1.42. The monoisotopic (exact) mass is 222 g/mol. The molecular weight excluding hydrogens is 212 g/mol. The lowest BCUT2D eigenvalue weighted by Crippen LogP contribution is -2.18. The van der Waals surface area contributed by atoms with Gasteiger partial charge in [0.15, 0.2) is 5.13 Å². The molecule has 2 heterocycles. The van der Waals surface area contributed by atoms with Gasteiger partial charge in [-0.2, -0.15) is 5.10 Å². The van der Waals surface area contributed by atoms with Gasteiger partial charge in [0.2, 0.25) is 5.91 Å². The fraction of sp³-hybridized carbons (Fsp3) is 0.222. The molecule has 2 aromatic rings. The van der Waals surface area contributed by atoms with E-state index in [1.165, 1.54) is 11.3 Å². The molecular formula is C9H10N4OS.